The molecule has 2 atom stereocenters. The summed E-state index contributed by atoms with van der Waals surface area (Å²) in [5.41, 5.74) is 2.53. The predicted octanol–water partition coefficient (Wildman–Crippen LogP) is 2.34. The van der Waals surface area contributed by atoms with Crippen LogP contribution in [0, 0.1) is 21.8 Å². The van der Waals surface area contributed by atoms with Crippen molar-refractivity contribution in [2.75, 3.05) is 31.6 Å². The molecule has 0 bridgehead atoms. The predicted molar refractivity (Wildman–Crippen MR) is 107 cm³/mol. The van der Waals surface area contributed by atoms with Gasteiger partial charge in [-0.1, -0.05) is 12.1 Å². The third kappa shape index (κ3) is 3.93. The molecule has 2 aliphatic heterocycles. The number of carbonyl (C=O) groups is 1. The molecule has 2 aromatic rings. The fourth-order valence-electron chi connectivity index (χ4n) is 4.33. The van der Waals surface area contributed by atoms with Crippen LogP contribution in [0.25, 0.3) is 0 Å². The molecule has 4 rings (SSSR count). The molecule has 8 heteroatoms. The van der Waals surface area contributed by atoms with E-state index in [-0.39, 0.29) is 35.9 Å². The average molecular weight is 398 g/mol. The largest absolute Gasteiger partial charge is 0.365 e. The summed E-state index contributed by atoms with van der Waals surface area (Å²) < 4.78 is 13.4. The van der Waals surface area contributed by atoms with Gasteiger partial charge in [-0.25, -0.2) is 4.39 Å². The van der Waals surface area contributed by atoms with Crippen molar-refractivity contribution in [2.24, 2.45) is 5.92 Å². The van der Waals surface area contributed by atoms with E-state index >= 15 is 0 Å². The Morgan fingerprint density at radius 1 is 1.28 bits per heavy atom. The molecule has 1 saturated heterocycles. The van der Waals surface area contributed by atoms with Gasteiger partial charge in [0.1, 0.15) is 5.82 Å². The summed E-state index contributed by atoms with van der Waals surface area (Å²) in [5, 5.41) is 14.1. The van der Waals surface area contributed by atoms with E-state index in [0.29, 0.717) is 12.0 Å². The summed E-state index contributed by atoms with van der Waals surface area (Å²) in [6.45, 7) is 2.62. The van der Waals surface area contributed by atoms with Crippen LogP contribution in [-0.2, 0) is 17.8 Å². The number of carbonyl (C=O) groups excluding carboxylic acids is 1. The maximum Gasteiger partial charge on any atom is 0.269 e. The maximum atomic E-state index is 13.4. The number of fused-ring (bicyclic) bond motifs is 3. The van der Waals surface area contributed by atoms with E-state index < -0.39 is 4.92 Å². The molecule has 0 saturated carbocycles. The Bertz CT molecular complexity index is 951. The highest BCUT2D eigenvalue weighted by atomic mass is 19.1. The molecule has 152 valence electrons. The molecular weight excluding hydrogens is 375 g/mol. The lowest BCUT2D eigenvalue weighted by Gasteiger charge is -2.48. The van der Waals surface area contributed by atoms with Crippen LogP contribution in [0.15, 0.2) is 42.5 Å². The van der Waals surface area contributed by atoms with Crippen LogP contribution in [0.2, 0.25) is 0 Å². The first kappa shape index (κ1) is 19.3. The Hall–Kier alpha value is -3.00. The van der Waals surface area contributed by atoms with Gasteiger partial charge in [0, 0.05) is 44.0 Å². The van der Waals surface area contributed by atoms with Crippen LogP contribution < -0.4 is 10.2 Å². The Balaban J connectivity index is 1.58. The first-order valence-corrected chi connectivity index (χ1v) is 9.67. The van der Waals surface area contributed by atoms with Crippen molar-refractivity contribution in [1.29, 1.82) is 0 Å². The van der Waals surface area contributed by atoms with Gasteiger partial charge >= 0.3 is 0 Å². The third-order valence-corrected chi connectivity index (χ3v) is 5.80. The van der Waals surface area contributed by atoms with Crippen molar-refractivity contribution >= 4 is 17.3 Å². The second kappa shape index (κ2) is 7.79. The molecular formula is C21H23FN4O3. The highest BCUT2D eigenvalue weighted by Gasteiger charge is 2.41. The molecule has 1 amide bonds. The molecule has 7 nitrogen and oxygen atoms in total. The maximum absolute atomic E-state index is 13.4. The summed E-state index contributed by atoms with van der Waals surface area (Å²) in [7, 11) is 2.03. The number of likely N-dealkylation sites (N-methyl/N-ethyl adjacent to an activating group) is 1. The molecule has 29 heavy (non-hydrogen) atoms. The van der Waals surface area contributed by atoms with Gasteiger partial charge in [0.25, 0.3) is 5.69 Å². The van der Waals surface area contributed by atoms with E-state index in [1.165, 1.54) is 18.2 Å². The van der Waals surface area contributed by atoms with Crippen molar-refractivity contribution in [3.63, 3.8) is 0 Å². The molecule has 0 aliphatic carbocycles. The number of anilines is 1. The highest BCUT2D eigenvalue weighted by Crippen LogP contribution is 2.37. The number of piperazine rings is 1. The summed E-state index contributed by atoms with van der Waals surface area (Å²) >= 11 is 0. The van der Waals surface area contributed by atoms with Gasteiger partial charge in [0.05, 0.1) is 16.9 Å². The van der Waals surface area contributed by atoms with Crippen LogP contribution in [-0.4, -0.2) is 48.5 Å². The van der Waals surface area contributed by atoms with Crippen LogP contribution in [0.1, 0.15) is 11.1 Å². The molecule has 1 fully saturated rings. The lowest BCUT2D eigenvalue weighted by Crippen LogP contribution is -2.60. The number of nitrogens with one attached hydrogen (secondary N) is 1. The van der Waals surface area contributed by atoms with Crippen molar-refractivity contribution < 1.29 is 14.1 Å². The lowest BCUT2D eigenvalue weighted by molar-refractivity contribution is -0.384. The van der Waals surface area contributed by atoms with E-state index in [9.17, 15) is 19.3 Å². The number of hydrogen-bond donors (Lipinski definition) is 1. The van der Waals surface area contributed by atoms with Crippen LogP contribution in [0.5, 0.6) is 0 Å². The van der Waals surface area contributed by atoms with Crippen molar-refractivity contribution in [3.05, 3.63) is 69.5 Å². The normalized spacial score (nSPS) is 21.2. The molecule has 2 aromatic carbocycles. The van der Waals surface area contributed by atoms with Gasteiger partial charge in [0.2, 0.25) is 5.91 Å². The number of halogens is 1. The van der Waals surface area contributed by atoms with Crippen molar-refractivity contribution in [1.82, 2.24) is 10.2 Å². The van der Waals surface area contributed by atoms with Gasteiger partial charge in [0.15, 0.2) is 0 Å². The van der Waals surface area contributed by atoms with E-state index in [1.807, 2.05) is 7.05 Å². The zero-order valence-electron chi connectivity index (χ0n) is 16.2. The monoisotopic (exact) mass is 398 g/mol. The topological polar surface area (TPSA) is 78.7 Å². The second-order valence-corrected chi connectivity index (χ2v) is 7.75. The SMILES string of the molecule is CN1CCN2c3ccc([N+](=O)[O-])cc3C[C@@H](C(=O)NCc3cccc(F)c3)[C@H]2C1. The number of non-ortho nitro benzene ring substituents is 1. The molecule has 0 radical (unpaired) electrons. The standard InChI is InChI=1S/C21H23FN4O3/c1-24-7-8-25-19-6-5-17(26(28)29)10-15(19)11-18(20(25)13-24)21(27)23-12-14-3-2-4-16(22)9-14/h2-6,9-10,18,20H,7-8,11-13H2,1H3,(H,23,27)/t18-,20-/m1/s1. The van der Waals surface area contributed by atoms with Crippen LogP contribution in [0.3, 0.4) is 0 Å². The quantitative estimate of drug-likeness (QED) is 0.632. The molecule has 1 N–H and O–H groups in total. The number of nitro benzene ring substituents is 1. The second-order valence-electron chi connectivity index (χ2n) is 7.75. The Morgan fingerprint density at radius 2 is 2.10 bits per heavy atom. The average Bonchev–Trinajstić information content (AvgIpc) is 2.70. The van der Waals surface area contributed by atoms with E-state index in [2.05, 4.69) is 15.1 Å². The molecule has 0 unspecified atom stereocenters. The van der Waals surface area contributed by atoms with Crippen LogP contribution >= 0.6 is 0 Å². The minimum Gasteiger partial charge on any atom is -0.365 e. The molecule has 0 aromatic heterocycles. The molecule has 2 aliphatic rings. The fraction of sp³-hybridized carbons (Fsp3) is 0.381. The molecule has 2 heterocycles. The zero-order chi connectivity index (χ0) is 20.5. The minimum absolute atomic E-state index is 0.00443. The summed E-state index contributed by atoms with van der Waals surface area (Å²) in [4.78, 5) is 28.2. The van der Waals surface area contributed by atoms with Gasteiger partial charge in [-0.3, -0.25) is 14.9 Å². The van der Waals surface area contributed by atoms with Gasteiger partial charge in [-0.05, 0) is 42.8 Å². The number of amides is 1. The Morgan fingerprint density at radius 3 is 2.86 bits per heavy atom. The van der Waals surface area contributed by atoms with Gasteiger partial charge in [-0.2, -0.15) is 0 Å². The number of nitrogens with zero attached hydrogens (tertiary/aromatic N) is 3. The summed E-state index contributed by atoms with van der Waals surface area (Å²) in [5.74, 6) is -0.784. The number of benzene rings is 2. The number of hydrogen-bond acceptors (Lipinski definition) is 5. The minimum atomic E-state index is -0.407. The summed E-state index contributed by atoms with van der Waals surface area (Å²) in [6.07, 6.45) is 0.445. The molecule has 0 spiro atoms. The number of rotatable bonds is 4. The third-order valence-electron chi connectivity index (χ3n) is 5.80. The van der Waals surface area contributed by atoms with E-state index in [1.54, 1.807) is 24.3 Å². The van der Waals surface area contributed by atoms with Crippen molar-refractivity contribution in [2.45, 2.75) is 19.0 Å². The zero-order valence-corrected chi connectivity index (χ0v) is 16.2. The van der Waals surface area contributed by atoms with Gasteiger partial charge in [-0.15, -0.1) is 0 Å². The number of nitro groups is 1. The first-order chi connectivity index (χ1) is 13.9. The van der Waals surface area contributed by atoms with E-state index in [0.717, 1.165) is 30.9 Å². The van der Waals surface area contributed by atoms with Crippen LogP contribution in [0.4, 0.5) is 15.8 Å². The lowest BCUT2D eigenvalue weighted by atomic mass is 9.83. The summed E-state index contributed by atoms with van der Waals surface area (Å²) in [6, 6.07) is 11.1. The highest BCUT2D eigenvalue weighted by molar-refractivity contribution is 5.82. The van der Waals surface area contributed by atoms with E-state index in [4.69, 9.17) is 0 Å². The first-order valence-electron chi connectivity index (χ1n) is 9.67. The Labute approximate surface area is 168 Å². The van der Waals surface area contributed by atoms with Gasteiger partial charge < -0.3 is 15.1 Å². The van der Waals surface area contributed by atoms with Crippen molar-refractivity contribution in [3.8, 4) is 0 Å². The Kier molecular flexibility index (Phi) is 5.19. The smallest absolute Gasteiger partial charge is 0.269 e. The fourth-order valence-corrected chi connectivity index (χ4v) is 4.33.